The lowest BCUT2D eigenvalue weighted by Gasteiger charge is -2.35. The fourth-order valence-corrected chi connectivity index (χ4v) is 2.77. The molecular weight excluding hydrogens is 202 g/mol. The Morgan fingerprint density at radius 1 is 1.25 bits per heavy atom. The van der Waals surface area contributed by atoms with E-state index in [0.717, 1.165) is 51.9 Å². The van der Waals surface area contributed by atoms with E-state index in [1.54, 1.807) is 0 Å². The van der Waals surface area contributed by atoms with Crippen molar-refractivity contribution in [3.63, 3.8) is 0 Å². The van der Waals surface area contributed by atoms with Crippen LogP contribution in [0.4, 0.5) is 0 Å². The molecule has 2 rings (SSSR count). The molecular formula is C12H23N3O. The number of carbonyl (C=O) groups excluding carboxylic acids is 1. The van der Waals surface area contributed by atoms with Crippen LogP contribution >= 0.6 is 0 Å². The van der Waals surface area contributed by atoms with Crippen molar-refractivity contribution < 1.29 is 4.79 Å². The third-order valence-corrected chi connectivity index (χ3v) is 3.93. The molecule has 16 heavy (non-hydrogen) atoms. The zero-order valence-corrected chi connectivity index (χ0v) is 9.95. The van der Waals surface area contributed by atoms with Crippen LogP contribution in [0.1, 0.15) is 32.1 Å². The average Bonchev–Trinajstić information content (AvgIpc) is 2.54. The second-order valence-corrected chi connectivity index (χ2v) is 5.02. The summed E-state index contributed by atoms with van der Waals surface area (Å²) in [5.74, 6) is 0.911. The number of piperidine rings is 1. The smallest absolute Gasteiger partial charge is 0.237 e. The molecule has 2 heterocycles. The van der Waals surface area contributed by atoms with Gasteiger partial charge in [-0.25, -0.2) is 0 Å². The van der Waals surface area contributed by atoms with Crippen molar-refractivity contribution in [3.8, 4) is 0 Å². The standard InChI is InChI=1S/C12H23N3O/c13-9-10-4-7-15(8-5-10)11-3-1-2-6-14-12(11)16/h10-11H,1-9,13H2,(H,14,16). The van der Waals surface area contributed by atoms with E-state index in [1.807, 2.05) is 0 Å². The van der Waals surface area contributed by atoms with E-state index in [0.29, 0.717) is 5.92 Å². The number of nitrogens with zero attached hydrogens (tertiary/aromatic N) is 1. The second-order valence-electron chi connectivity index (χ2n) is 5.02. The predicted octanol–water partition coefficient (Wildman–Crippen LogP) is 0.326. The second kappa shape index (κ2) is 5.64. The van der Waals surface area contributed by atoms with Crippen LogP contribution in [-0.2, 0) is 4.79 Å². The molecule has 2 aliphatic rings. The van der Waals surface area contributed by atoms with Gasteiger partial charge < -0.3 is 11.1 Å². The Morgan fingerprint density at radius 2 is 2.00 bits per heavy atom. The normalized spacial score (nSPS) is 29.8. The molecule has 0 spiro atoms. The molecule has 2 aliphatic heterocycles. The molecule has 1 amide bonds. The van der Waals surface area contributed by atoms with Gasteiger partial charge in [0.15, 0.2) is 0 Å². The maximum atomic E-state index is 11.9. The fraction of sp³-hybridized carbons (Fsp3) is 0.917. The van der Waals surface area contributed by atoms with Crippen LogP contribution in [0.15, 0.2) is 0 Å². The van der Waals surface area contributed by atoms with E-state index < -0.39 is 0 Å². The minimum Gasteiger partial charge on any atom is -0.355 e. The van der Waals surface area contributed by atoms with E-state index in [-0.39, 0.29) is 11.9 Å². The molecule has 2 saturated heterocycles. The Kier molecular flexibility index (Phi) is 4.18. The summed E-state index contributed by atoms with van der Waals surface area (Å²) in [6, 6.07) is 0.126. The monoisotopic (exact) mass is 225 g/mol. The average molecular weight is 225 g/mol. The van der Waals surface area contributed by atoms with Crippen molar-refractivity contribution in [3.05, 3.63) is 0 Å². The molecule has 0 aromatic heterocycles. The highest BCUT2D eigenvalue weighted by Gasteiger charge is 2.29. The molecule has 4 nitrogen and oxygen atoms in total. The van der Waals surface area contributed by atoms with Gasteiger partial charge in [-0.3, -0.25) is 9.69 Å². The van der Waals surface area contributed by atoms with E-state index in [4.69, 9.17) is 5.73 Å². The van der Waals surface area contributed by atoms with Crippen molar-refractivity contribution in [2.75, 3.05) is 26.2 Å². The molecule has 0 saturated carbocycles. The van der Waals surface area contributed by atoms with E-state index in [1.165, 1.54) is 6.42 Å². The van der Waals surface area contributed by atoms with Gasteiger partial charge in [-0.15, -0.1) is 0 Å². The quantitative estimate of drug-likeness (QED) is 0.712. The molecule has 92 valence electrons. The van der Waals surface area contributed by atoms with Crippen molar-refractivity contribution in [2.45, 2.75) is 38.1 Å². The van der Waals surface area contributed by atoms with Gasteiger partial charge in [-0.2, -0.15) is 0 Å². The van der Waals surface area contributed by atoms with Gasteiger partial charge >= 0.3 is 0 Å². The van der Waals surface area contributed by atoms with Gasteiger partial charge in [-0.05, 0) is 57.7 Å². The van der Waals surface area contributed by atoms with Gasteiger partial charge in [0, 0.05) is 6.54 Å². The van der Waals surface area contributed by atoms with Crippen molar-refractivity contribution >= 4 is 5.91 Å². The minimum absolute atomic E-state index is 0.126. The number of hydrogen-bond donors (Lipinski definition) is 2. The maximum absolute atomic E-state index is 11.9. The zero-order valence-electron chi connectivity index (χ0n) is 9.95. The molecule has 3 N–H and O–H groups in total. The van der Waals surface area contributed by atoms with Gasteiger partial charge in [0.1, 0.15) is 0 Å². The molecule has 2 fully saturated rings. The van der Waals surface area contributed by atoms with Crippen molar-refractivity contribution in [1.29, 1.82) is 0 Å². The van der Waals surface area contributed by atoms with Gasteiger partial charge in [-0.1, -0.05) is 0 Å². The number of hydrogen-bond acceptors (Lipinski definition) is 3. The summed E-state index contributed by atoms with van der Waals surface area (Å²) in [7, 11) is 0. The lowest BCUT2D eigenvalue weighted by molar-refractivity contribution is -0.126. The first-order valence-corrected chi connectivity index (χ1v) is 6.53. The number of rotatable bonds is 2. The summed E-state index contributed by atoms with van der Waals surface area (Å²) in [5, 5.41) is 3.01. The largest absolute Gasteiger partial charge is 0.355 e. The third-order valence-electron chi connectivity index (χ3n) is 3.93. The van der Waals surface area contributed by atoms with Crippen LogP contribution in [0.3, 0.4) is 0 Å². The first-order chi connectivity index (χ1) is 7.81. The molecule has 0 radical (unpaired) electrons. The molecule has 4 heteroatoms. The predicted molar refractivity (Wildman–Crippen MR) is 64.0 cm³/mol. The van der Waals surface area contributed by atoms with Crippen LogP contribution in [0.2, 0.25) is 0 Å². The van der Waals surface area contributed by atoms with Gasteiger partial charge in [0.05, 0.1) is 6.04 Å². The summed E-state index contributed by atoms with van der Waals surface area (Å²) < 4.78 is 0. The van der Waals surface area contributed by atoms with E-state index in [9.17, 15) is 4.79 Å². The Morgan fingerprint density at radius 3 is 2.69 bits per heavy atom. The number of nitrogens with one attached hydrogen (secondary N) is 1. The van der Waals surface area contributed by atoms with E-state index >= 15 is 0 Å². The number of carbonyl (C=O) groups is 1. The molecule has 1 atom stereocenters. The van der Waals surface area contributed by atoms with E-state index in [2.05, 4.69) is 10.2 Å². The Bertz CT molecular complexity index is 236. The summed E-state index contributed by atoms with van der Waals surface area (Å²) in [5.41, 5.74) is 5.68. The number of nitrogens with two attached hydrogens (primary N) is 1. The Balaban J connectivity index is 1.89. The summed E-state index contributed by atoms with van der Waals surface area (Å²) in [6.45, 7) is 3.74. The van der Waals surface area contributed by atoms with Crippen molar-refractivity contribution in [2.24, 2.45) is 11.7 Å². The van der Waals surface area contributed by atoms with Crippen LogP contribution in [0, 0.1) is 5.92 Å². The summed E-state index contributed by atoms with van der Waals surface area (Å²) >= 11 is 0. The fourth-order valence-electron chi connectivity index (χ4n) is 2.77. The highest BCUT2D eigenvalue weighted by atomic mass is 16.2. The van der Waals surface area contributed by atoms with Crippen molar-refractivity contribution in [1.82, 2.24) is 10.2 Å². The summed E-state index contributed by atoms with van der Waals surface area (Å²) in [6.07, 6.45) is 5.63. The molecule has 0 aromatic carbocycles. The molecule has 0 bridgehead atoms. The molecule has 0 aromatic rings. The van der Waals surface area contributed by atoms with Crippen LogP contribution in [-0.4, -0.2) is 43.0 Å². The SMILES string of the molecule is NCC1CCN(C2CCCCNC2=O)CC1. The van der Waals surface area contributed by atoms with Gasteiger partial charge in [0.2, 0.25) is 5.91 Å². The topological polar surface area (TPSA) is 58.4 Å². The maximum Gasteiger partial charge on any atom is 0.237 e. The summed E-state index contributed by atoms with van der Waals surface area (Å²) in [4.78, 5) is 14.2. The number of likely N-dealkylation sites (tertiary alicyclic amines) is 1. The van der Waals surface area contributed by atoms with Gasteiger partial charge in [0.25, 0.3) is 0 Å². The first-order valence-electron chi connectivity index (χ1n) is 6.53. The zero-order chi connectivity index (χ0) is 11.4. The van der Waals surface area contributed by atoms with Crippen LogP contribution in [0.5, 0.6) is 0 Å². The Hall–Kier alpha value is -0.610. The minimum atomic E-state index is 0.126. The molecule has 1 unspecified atom stereocenters. The van der Waals surface area contributed by atoms with Crippen LogP contribution in [0.25, 0.3) is 0 Å². The third kappa shape index (κ3) is 2.74. The Labute approximate surface area is 97.6 Å². The number of amides is 1. The lowest BCUT2D eigenvalue weighted by Crippen LogP contribution is -2.49. The van der Waals surface area contributed by atoms with Crippen LogP contribution < -0.4 is 11.1 Å². The first kappa shape index (κ1) is 11.9. The lowest BCUT2D eigenvalue weighted by atomic mass is 9.95. The highest BCUT2D eigenvalue weighted by molar-refractivity contribution is 5.81. The highest BCUT2D eigenvalue weighted by Crippen LogP contribution is 2.21. The molecule has 0 aliphatic carbocycles.